The summed E-state index contributed by atoms with van der Waals surface area (Å²) in [6, 6.07) is 3.59. The number of nitrogens with zero attached hydrogens (tertiary/aromatic N) is 4. The second-order valence-corrected chi connectivity index (χ2v) is 10.6. The maximum atomic E-state index is 11.7. The van der Waals surface area contributed by atoms with Gasteiger partial charge in [-0.15, -0.1) is 0 Å². The van der Waals surface area contributed by atoms with Crippen LogP contribution in [0.2, 0.25) is 0 Å². The van der Waals surface area contributed by atoms with Crippen LogP contribution >= 0.6 is 15.9 Å². The summed E-state index contributed by atoms with van der Waals surface area (Å²) in [7, 11) is 2.78. The summed E-state index contributed by atoms with van der Waals surface area (Å²) in [6.07, 6.45) is 1.53. The lowest BCUT2D eigenvalue weighted by Crippen LogP contribution is -2.41. The van der Waals surface area contributed by atoms with Crippen molar-refractivity contribution < 1.29 is 18.1 Å². The van der Waals surface area contributed by atoms with Crippen molar-refractivity contribution in [3.8, 4) is 0 Å². The Hall–Kier alpha value is -2.70. The van der Waals surface area contributed by atoms with Gasteiger partial charge in [-0.05, 0) is 62.5 Å². The first-order chi connectivity index (χ1) is 16.8. The lowest BCUT2D eigenvalue weighted by atomic mass is 9.77. The minimum atomic E-state index is -0.512. The third kappa shape index (κ3) is 4.46. The Morgan fingerprint density at radius 2 is 1.28 bits per heavy atom. The smallest absolute Gasteiger partial charge is 0.406 e. The van der Waals surface area contributed by atoms with Crippen LogP contribution in [0, 0.1) is 0 Å². The van der Waals surface area contributed by atoms with Gasteiger partial charge < -0.3 is 18.1 Å². The van der Waals surface area contributed by atoms with Gasteiger partial charge in [-0.3, -0.25) is 9.13 Å². The lowest BCUT2D eigenvalue weighted by molar-refractivity contribution is 0.00578. The van der Waals surface area contributed by atoms with Crippen molar-refractivity contribution >= 4 is 51.0 Å². The Morgan fingerprint density at radius 1 is 0.833 bits per heavy atom. The molecule has 0 aromatic carbocycles. The van der Waals surface area contributed by atoms with Gasteiger partial charge in [-0.1, -0.05) is 13.8 Å². The Balaban J connectivity index is 0.000000187. The normalized spacial score (nSPS) is 16.5. The van der Waals surface area contributed by atoms with E-state index in [-0.39, 0.29) is 5.76 Å². The van der Waals surface area contributed by atoms with Crippen molar-refractivity contribution in [3.63, 3.8) is 0 Å². The van der Waals surface area contributed by atoms with Crippen molar-refractivity contribution in [2.24, 2.45) is 14.1 Å². The average molecular weight is 561 g/mol. The molecule has 0 spiro atoms. The number of hydrogen-bond donors (Lipinski definition) is 0. The van der Waals surface area contributed by atoms with E-state index in [0.717, 1.165) is 27.7 Å². The first kappa shape index (κ1) is 26.4. The zero-order valence-electron chi connectivity index (χ0n) is 21.8. The van der Waals surface area contributed by atoms with E-state index in [4.69, 9.17) is 18.1 Å². The van der Waals surface area contributed by atoms with E-state index >= 15 is 0 Å². The molecule has 5 heterocycles. The molecule has 0 radical (unpaired) electrons. The van der Waals surface area contributed by atoms with Crippen LogP contribution in [0.25, 0.3) is 22.5 Å². The third-order valence-corrected chi connectivity index (χ3v) is 7.52. The van der Waals surface area contributed by atoms with E-state index < -0.39 is 24.1 Å². The topological polar surface area (TPSA) is 115 Å². The van der Waals surface area contributed by atoms with Gasteiger partial charge in [0.1, 0.15) is 0 Å². The minimum Gasteiger partial charge on any atom is -0.406 e. The minimum absolute atomic E-state index is 0.382. The maximum absolute atomic E-state index is 11.7. The molecule has 0 aliphatic carbocycles. The number of aromatic nitrogens is 4. The van der Waals surface area contributed by atoms with Gasteiger partial charge in [0, 0.05) is 35.8 Å². The molecule has 0 N–H and O–H groups in total. The molecule has 1 saturated heterocycles. The average Bonchev–Trinajstić information content (AvgIpc) is 3.33. The van der Waals surface area contributed by atoms with Gasteiger partial charge >= 0.3 is 18.6 Å². The van der Waals surface area contributed by atoms with E-state index in [1.807, 2.05) is 47.6 Å². The van der Waals surface area contributed by atoms with Crippen LogP contribution < -0.4 is 17.0 Å². The zero-order valence-corrected chi connectivity index (χ0v) is 23.3. The Morgan fingerprint density at radius 3 is 1.75 bits per heavy atom. The van der Waals surface area contributed by atoms with Crippen molar-refractivity contribution in [1.29, 1.82) is 0 Å². The van der Waals surface area contributed by atoms with Gasteiger partial charge in [0.15, 0.2) is 22.5 Å². The molecule has 1 aliphatic rings. The highest BCUT2D eigenvalue weighted by molar-refractivity contribution is 9.10. The third-order valence-electron chi connectivity index (χ3n) is 6.83. The molecule has 0 saturated carbocycles. The van der Waals surface area contributed by atoms with Gasteiger partial charge in [0.05, 0.1) is 16.9 Å². The fraction of sp³-hybridized carbons (Fsp3) is 0.500. The molecule has 1 aliphatic heterocycles. The van der Waals surface area contributed by atoms with Gasteiger partial charge in [0.2, 0.25) is 0 Å². The van der Waals surface area contributed by atoms with Crippen molar-refractivity contribution in [2.45, 2.75) is 65.6 Å². The second kappa shape index (κ2) is 9.31. The van der Waals surface area contributed by atoms with Crippen LogP contribution in [0.3, 0.4) is 0 Å². The molecular formula is C24H30BBrN4O6. The summed E-state index contributed by atoms with van der Waals surface area (Å²) in [5.74, 6) is -0.803. The standard InChI is InChI=1S/C15H21BN2O4.C9H9BrN2O2/c1-7-10-9(16-21-14(2,3)15(4,5)22-16)8-11-12(17-10)18(6)13(19)20-11;1-3-6-5(10)4-7-8(11-6)12(2)9(13)14-7/h8H,7H2,1-6H3;4H,3H2,1-2H3. The highest BCUT2D eigenvalue weighted by atomic mass is 79.9. The molecular weight excluding hydrogens is 531 g/mol. The van der Waals surface area contributed by atoms with Crippen LogP contribution in [0.15, 0.2) is 35.0 Å². The molecule has 1 fully saturated rings. The molecule has 0 unspecified atom stereocenters. The summed E-state index contributed by atoms with van der Waals surface area (Å²) in [5.41, 5.74) is 3.86. The number of fused-ring (bicyclic) bond motifs is 2. The molecule has 0 amide bonds. The first-order valence-electron chi connectivity index (χ1n) is 11.8. The van der Waals surface area contributed by atoms with Crippen molar-refractivity contribution in [3.05, 3.63) is 49.1 Å². The molecule has 12 heteroatoms. The fourth-order valence-electron chi connectivity index (χ4n) is 3.87. The molecule has 36 heavy (non-hydrogen) atoms. The van der Waals surface area contributed by atoms with Gasteiger partial charge in [-0.25, -0.2) is 19.6 Å². The first-order valence-corrected chi connectivity index (χ1v) is 12.6. The summed E-state index contributed by atoms with van der Waals surface area (Å²) in [6.45, 7) is 12.1. The molecule has 0 bridgehead atoms. The quantitative estimate of drug-likeness (QED) is 0.351. The van der Waals surface area contributed by atoms with Crippen molar-refractivity contribution in [2.75, 3.05) is 0 Å². The highest BCUT2D eigenvalue weighted by Crippen LogP contribution is 2.36. The summed E-state index contributed by atoms with van der Waals surface area (Å²) < 4.78 is 26.1. The predicted molar refractivity (Wildman–Crippen MR) is 141 cm³/mol. The van der Waals surface area contributed by atoms with E-state index in [1.165, 1.54) is 9.13 Å². The Labute approximate surface area is 216 Å². The van der Waals surface area contributed by atoms with Crippen molar-refractivity contribution in [1.82, 2.24) is 19.1 Å². The van der Waals surface area contributed by atoms with E-state index in [0.29, 0.717) is 28.9 Å². The maximum Gasteiger partial charge on any atom is 0.496 e. The predicted octanol–water partition coefficient (Wildman–Crippen LogP) is 3.24. The van der Waals surface area contributed by atoms with Gasteiger partial charge in [-0.2, -0.15) is 0 Å². The summed E-state index contributed by atoms with van der Waals surface area (Å²) in [5, 5.41) is 0. The monoisotopic (exact) mass is 560 g/mol. The molecule has 192 valence electrons. The van der Waals surface area contributed by atoms with Crippen LogP contribution in [-0.2, 0) is 36.2 Å². The van der Waals surface area contributed by atoms with E-state index in [2.05, 4.69) is 25.9 Å². The Kier molecular flexibility index (Phi) is 6.82. The number of hydrogen-bond acceptors (Lipinski definition) is 8. The van der Waals surface area contributed by atoms with E-state index in [1.54, 1.807) is 20.2 Å². The summed E-state index contributed by atoms with van der Waals surface area (Å²) >= 11 is 3.38. The van der Waals surface area contributed by atoms with E-state index in [9.17, 15) is 9.59 Å². The molecule has 5 rings (SSSR count). The van der Waals surface area contributed by atoms with Crippen LogP contribution in [-0.4, -0.2) is 37.4 Å². The SMILES string of the molecule is CCc1nc2c(cc1B1OC(C)(C)C(C)(C)O1)oc(=O)n2C.CCc1nc2c(cc1Br)oc(=O)n2C. The lowest BCUT2D eigenvalue weighted by Gasteiger charge is -2.32. The molecule has 4 aromatic rings. The number of halogens is 1. The summed E-state index contributed by atoms with van der Waals surface area (Å²) in [4.78, 5) is 31.8. The Bertz CT molecular complexity index is 1550. The largest absolute Gasteiger partial charge is 0.496 e. The molecule has 10 nitrogen and oxygen atoms in total. The van der Waals surface area contributed by atoms with Crippen LogP contribution in [0.5, 0.6) is 0 Å². The fourth-order valence-corrected chi connectivity index (χ4v) is 4.45. The van der Waals surface area contributed by atoms with Crippen LogP contribution in [0.1, 0.15) is 52.9 Å². The number of aryl methyl sites for hydroxylation is 4. The second-order valence-electron chi connectivity index (χ2n) is 9.73. The number of oxazole rings is 2. The highest BCUT2D eigenvalue weighted by Gasteiger charge is 2.52. The molecule has 0 atom stereocenters. The number of pyridine rings is 2. The number of rotatable bonds is 3. The zero-order chi connectivity index (χ0) is 26.6. The molecule has 4 aromatic heterocycles. The van der Waals surface area contributed by atoms with Crippen LogP contribution in [0.4, 0.5) is 0 Å². The van der Waals surface area contributed by atoms with Gasteiger partial charge in [0.25, 0.3) is 0 Å².